The zero-order valence-electron chi connectivity index (χ0n) is 14.7. The average Bonchev–Trinajstić information content (AvgIpc) is 3.40. The Morgan fingerprint density at radius 2 is 1.78 bits per heavy atom. The molecule has 0 unspecified atom stereocenters. The zero-order valence-corrected chi connectivity index (χ0v) is 14.7. The van der Waals surface area contributed by atoms with E-state index in [9.17, 15) is 14.0 Å². The first-order valence-corrected chi connectivity index (χ1v) is 8.99. The molecule has 1 aliphatic rings. The van der Waals surface area contributed by atoms with Gasteiger partial charge in [0.25, 0.3) is 0 Å². The number of para-hydroxylation sites is 2. The largest absolute Gasteiger partial charge is 0.361 e. The normalized spacial score (nSPS) is 14.7. The van der Waals surface area contributed by atoms with Gasteiger partial charge in [0.05, 0.1) is 5.69 Å². The summed E-state index contributed by atoms with van der Waals surface area (Å²) >= 11 is 0. The fourth-order valence-electron chi connectivity index (χ4n) is 3.31. The van der Waals surface area contributed by atoms with Gasteiger partial charge in [0.15, 0.2) is 0 Å². The third-order valence-corrected chi connectivity index (χ3v) is 5.10. The summed E-state index contributed by atoms with van der Waals surface area (Å²) < 4.78 is 13.7. The Bertz CT molecular complexity index is 1010. The molecule has 27 heavy (non-hydrogen) atoms. The van der Waals surface area contributed by atoms with Crippen molar-refractivity contribution < 1.29 is 14.0 Å². The maximum absolute atomic E-state index is 13.7. The maximum Gasteiger partial charge on any atom is 0.240 e. The number of hydrogen-bond acceptors (Lipinski definition) is 2. The number of rotatable bonds is 6. The summed E-state index contributed by atoms with van der Waals surface area (Å²) in [4.78, 5) is 28.3. The van der Waals surface area contributed by atoms with Crippen LogP contribution in [0.4, 0.5) is 10.1 Å². The minimum atomic E-state index is -1.08. The molecule has 0 aliphatic heterocycles. The summed E-state index contributed by atoms with van der Waals surface area (Å²) in [6, 6.07) is 13.9. The molecule has 0 saturated heterocycles. The lowest BCUT2D eigenvalue weighted by Crippen LogP contribution is -2.40. The van der Waals surface area contributed by atoms with Crippen molar-refractivity contribution in [3.8, 4) is 0 Å². The molecule has 1 aliphatic carbocycles. The molecule has 138 valence electrons. The van der Waals surface area contributed by atoms with Crippen molar-refractivity contribution in [2.75, 3.05) is 11.9 Å². The maximum atomic E-state index is 13.7. The van der Waals surface area contributed by atoms with E-state index in [-0.39, 0.29) is 11.6 Å². The molecule has 0 spiro atoms. The van der Waals surface area contributed by atoms with Crippen LogP contribution < -0.4 is 10.6 Å². The summed E-state index contributed by atoms with van der Waals surface area (Å²) in [5.74, 6) is -1.25. The monoisotopic (exact) mass is 365 g/mol. The van der Waals surface area contributed by atoms with Gasteiger partial charge in [0, 0.05) is 23.6 Å². The number of benzene rings is 2. The fourth-order valence-corrected chi connectivity index (χ4v) is 3.31. The Balaban J connectivity index is 1.36. The molecule has 6 heteroatoms. The number of carbonyl (C=O) groups excluding carboxylic acids is 2. The van der Waals surface area contributed by atoms with Crippen LogP contribution in [0, 0.1) is 11.2 Å². The Morgan fingerprint density at radius 1 is 1.04 bits per heavy atom. The first kappa shape index (κ1) is 17.3. The first-order chi connectivity index (χ1) is 13.1. The van der Waals surface area contributed by atoms with E-state index in [4.69, 9.17) is 0 Å². The van der Waals surface area contributed by atoms with Gasteiger partial charge in [-0.05, 0) is 43.0 Å². The quantitative estimate of drug-likeness (QED) is 0.586. The molecule has 0 radical (unpaired) electrons. The topological polar surface area (TPSA) is 74.0 Å². The van der Waals surface area contributed by atoms with Gasteiger partial charge >= 0.3 is 0 Å². The highest BCUT2D eigenvalue weighted by molar-refractivity contribution is 6.13. The van der Waals surface area contributed by atoms with E-state index in [1.54, 1.807) is 12.1 Å². The first-order valence-electron chi connectivity index (χ1n) is 8.99. The molecule has 5 nitrogen and oxygen atoms in total. The number of fused-ring (bicyclic) bond motifs is 1. The molecule has 1 heterocycles. The number of amides is 2. The van der Waals surface area contributed by atoms with Crippen molar-refractivity contribution in [2.24, 2.45) is 5.41 Å². The standard InChI is InChI=1S/C21H20FN3O2/c22-16-6-2-4-8-18(16)25-20(27)21(10-11-21)19(26)23-12-9-14-13-24-17-7-3-1-5-15(14)17/h1-8,13,24H,9-12H2,(H,23,26)(H,25,27). The number of nitrogens with one attached hydrogen (secondary N) is 3. The molecular weight excluding hydrogens is 345 g/mol. The molecule has 2 aromatic carbocycles. The van der Waals surface area contributed by atoms with Crippen LogP contribution in [0.1, 0.15) is 18.4 Å². The van der Waals surface area contributed by atoms with Crippen LogP contribution >= 0.6 is 0 Å². The van der Waals surface area contributed by atoms with Gasteiger partial charge in [-0.3, -0.25) is 9.59 Å². The van der Waals surface area contributed by atoms with Crippen molar-refractivity contribution >= 4 is 28.4 Å². The molecule has 0 bridgehead atoms. The van der Waals surface area contributed by atoms with Crippen LogP contribution in [0.5, 0.6) is 0 Å². The van der Waals surface area contributed by atoms with Crippen molar-refractivity contribution in [1.29, 1.82) is 0 Å². The zero-order chi connectivity index (χ0) is 18.9. The van der Waals surface area contributed by atoms with E-state index in [1.807, 2.05) is 30.5 Å². The average molecular weight is 365 g/mol. The van der Waals surface area contributed by atoms with Crippen LogP contribution in [0.25, 0.3) is 10.9 Å². The number of hydrogen-bond donors (Lipinski definition) is 3. The molecule has 1 aromatic heterocycles. The second-order valence-corrected chi connectivity index (χ2v) is 6.88. The number of H-pyrrole nitrogens is 1. The van der Waals surface area contributed by atoms with Gasteiger partial charge in [-0.25, -0.2) is 4.39 Å². The second-order valence-electron chi connectivity index (χ2n) is 6.88. The van der Waals surface area contributed by atoms with Crippen LogP contribution in [0.15, 0.2) is 54.7 Å². The van der Waals surface area contributed by atoms with E-state index >= 15 is 0 Å². The summed E-state index contributed by atoms with van der Waals surface area (Å²) in [6.07, 6.45) is 3.56. The lowest BCUT2D eigenvalue weighted by molar-refractivity contribution is -0.134. The van der Waals surface area contributed by atoms with Crippen LogP contribution in [0.3, 0.4) is 0 Å². The van der Waals surface area contributed by atoms with Crippen molar-refractivity contribution in [3.05, 3.63) is 66.1 Å². The number of halogens is 1. The predicted octanol–water partition coefficient (Wildman–Crippen LogP) is 3.38. The van der Waals surface area contributed by atoms with Gasteiger partial charge in [-0.1, -0.05) is 30.3 Å². The SMILES string of the molecule is O=C(NCCc1c[nH]c2ccccc12)C1(C(=O)Nc2ccccc2F)CC1. The highest BCUT2D eigenvalue weighted by Gasteiger charge is 2.56. The van der Waals surface area contributed by atoms with Crippen molar-refractivity contribution in [3.63, 3.8) is 0 Å². The fraction of sp³-hybridized carbons (Fsp3) is 0.238. The Morgan fingerprint density at radius 3 is 2.56 bits per heavy atom. The van der Waals surface area contributed by atoms with E-state index < -0.39 is 17.1 Å². The third kappa shape index (κ3) is 3.30. The smallest absolute Gasteiger partial charge is 0.240 e. The lowest BCUT2D eigenvalue weighted by Gasteiger charge is -2.15. The molecule has 1 fully saturated rings. The molecule has 2 amide bonds. The molecule has 4 rings (SSSR count). The van der Waals surface area contributed by atoms with Gasteiger partial charge < -0.3 is 15.6 Å². The Kier molecular flexibility index (Phi) is 4.39. The van der Waals surface area contributed by atoms with Crippen molar-refractivity contribution in [1.82, 2.24) is 10.3 Å². The molecule has 0 atom stereocenters. The highest BCUT2D eigenvalue weighted by Crippen LogP contribution is 2.47. The molecule has 3 aromatic rings. The summed E-state index contributed by atoms with van der Waals surface area (Å²) in [6.45, 7) is 0.440. The Labute approximate surface area is 156 Å². The van der Waals surface area contributed by atoms with Gasteiger partial charge in [-0.2, -0.15) is 0 Å². The minimum Gasteiger partial charge on any atom is -0.361 e. The van der Waals surface area contributed by atoms with Crippen LogP contribution in [0.2, 0.25) is 0 Å². The molecule has 3 N–H and O–H groups in total. The van der Waals surface area contributed by atoms with Gasteiger partial charge in [0.1, 0.15) is 11.2 Å². The van der Waals surface area contributed by atoms with E-state index in [1.165, 1.54) is 12.1 Å². The third-order valence-electron chi connectivity index (χ3n) is 5.10. The van der Waals surface area contributed by atoms with Gasteiger partial charge in [0.2, 0.25) is 11.8 Å². The van der Waals surface area contributed by atoms with Crippen LogP contribution in [-0.4, -0.2) is 23.3 Å². The lowest BCUT2D eigenvalue weighted by atomic mass is 10.0. The summed E-state index contributed by atoms with van der Waals surface area (Å²) in [5, 5.41) is 6.53. The van der Waals surface area contributed by atoms with E-state index in [2.05, 4.69) is 15.6 Å². The van der Waals surface area contributed by atoms with Crippen LogP contribution in [-0.2, 0) is 16.0 Å². The minimum absolute atomic E-state index is 0.0976. The number of anilines is 1. The number of aromatic nitrogens is 1. The summed E-state index contributed by atoms with van der Waals surface area (Å²) in [5.41, 5.74) is 1.19. The molecular formula is C21H20FN3O2. The predicted molar refractivity (Wildman–Crippen MR) is 102 cm³/mol. The van der Waals surface area contributed by atoms with E-state index in [0.29, 0.717) is 25.8 Å². The Hall–Kier alpha value is -3.15. The number of carbonyl (C=O) groups is 2. The van der Waals surface area contributed by atoms with E-state index in [0.717, 1.165) is 16.5 Å². The second kappa shape index (κ2) is 6.87. The highest BCUT2D eigenvalue weighted by atomic mass is 19.1. The molecule has 1 saturated carbocycles. The summed E-state index contributed by atoms with van der Waals surface area (Å²) in [7, 11) is 0. The number of aromatic amines is 1. The van der Waals surface area contributed by atoms with Gasteiger partial charge in [-0.15, -0.1) is 0 Å². The van der Waals surface area contributed by atoms with Crippen molar-refractivity contribution in [2.45, 2.75) is 19.3 Å².